The summed E-state index contributed by atoms with van der Waals surface area (Å²) in [6.07, 6.45) is 0.409. The van der Waals surface area contributed by atoms with Crippen LogP contribution in [0.25, 0.3) is 0 Å². The van der Waals surface area contributed by atoms with Crippen molar-refractivity contribution in [2.24, 2.45) is 5.41 Å². The van der Waals surface area contributed by atoms with Crippen molar-refractivity contribution in [1.29, 1.82) is 5.26 Å². The second-order valence-electron chi connectivity index (χ2n) is 5.30. The molecule has 1 aromatic rings. The van der Waals surface area contributed by atoms with Crippen molar-refractivity contribution >= 4 is 0 Å². The predicted molar refractivity (Wildman–Crippen MR) is 65.3 cm³/mol. The smallest absolute Gasteiger partial charge is 0.161 e. The monoisotopic (exact) mass is 231 g/mol. The lowest BCUT2D eigenvalue weighted by Gasteiger charge is -2.19. The van der Waals surface area contributed by atoms with Gasteiger partial charge in [-0.25, -0.2) is 0 Å². The summed E-state index contributed by atoms with van der Waals surface area (Å²) in [6.45, 7) is 7.50. The zero-order chi connectivity index (χ0) is 12.5. The normalized spacial score (nSPS) is 17.1. The van der Waals surface area contributed by atoms with Crippen LogP contribution in [0.1, 0.15) is 25.0 Å². The van der Waals surface area contributed by atoms with E-state index in [0.29, 0.717) is 19.6 Å². The van der Waals surface area contributed by atoms with Gasteiger partial charge in [-0.15, -0.1) is 0 Å². The van der Waals surface area contributed by atoms with E-state index in [0.717, 1.165) is 22.6 Å². The summed E-state index contributed by atoms with van der Waals surface area (Å²) < 4.78 is 11.5. The molecule has 17 heavy (non-hydrogen) atoms. The Morgan fingerprint density at radius 2 is 1.82 bits per heavy atom. The van der Waals surface area contributed by atoms with Gasteiger partial charge in [0.25, 0.3) is 0 Å². The molecular formula is C14H17NO2. The molecule has 0 unspecified atom stereocenters. The van der Waals surface area contributed by atoms with E-state index in [1.54, 1.807) is 0 Å². The number of fused-ring (bicyclic) bond motifs is 1. The number of ether oxygens (including phenoxy) is 2. The molecule has 3 nitrogen and oxygen atoms in total. The van der Waals surface area contributed by atoms with Gasteiger partial charge in [0.2, 0.25) is 0 Å². The van der Waals surface area contributed by atoms with E-state index in [2.05, 4.69) is 19.9 Å². The quantitative estimate of drug-likeness (QED) is 0.746. The Bertz CT molecular complexity index is 472. The van der Waals surface area contributed by atoms with Crippen molar-refractivity contribution in [1.82, 2.24) is 0 Å². The molecule has 90 valence electrons. The average Bonchev–Trinajstić information content (AvgIpc) is 2.40. The summed E-state index contributed by atoms with van der Waals surface area (Å²) in [7, 11) is 0. The Kier molecular flexibility index (Phi) is 2.97. The number of aryl methyl sites for hydroxylation is 1. The summed E-state index contributed by atoms with van der Waals surface area (Å²) >= 11 is 0. The third kappa shape index (κ3) is 2.52. The highest BCUT2D eigenvalue weighted by Crippen LogP contribution is 2.35. The predicted octanol–water partition coefficient (Wildman–Crippen LogP) is 2.86. The molecule has 0 N–H and O–H groups in total. The van der Waals surface area contributed by atoms with Crippen molar-refractivity contribution in [3.63, 3.8) is 0 Å². The van der Waals surface area contributed by atoms with Crippen LogP contribution in [-0.2, 0) is 6.42 Å². The second kappa shape index (κ2) is 4.29. The topological polar surface area (TPSA) is 42.2 Å². The lowest BCUT2D eigenvalue weighted by atomic mass is 9.97. The molecule has 0 saturated carbocycles. The molecule has 0 spiro atoms. The van der Waals surface area contributed by atoms with Crippen molar-refractivity contribution in [2.45, 2.75) is 27.2 Å². The summed E-state index contributed by atoms with van der Waals surface area (Å²) in [6, 6.07) is 6.05. The number of hydrogen-bond donors (Lipinski definition) is 0. The zero-order valence-electron chi connectivity index (χ0n) is 10.5. The maximum atomic E-state index is 8.76. The van der Waals surface area contributed by atoms with E-state index in [1.165, 1.54) is 0 Å². The Morgan fingerprint density at radius 1 is 1.24 bits per heavy atom. The fourth-order valence-corrected chi connectivity index (χ4v) is 1.79. The van der Waals surface area contributed by atoms with Gasteiger partial charge in [-0.1, -0.05) is 13.8 Å². The van der Waals surface area contributed by atoms with Gasteiger partial charge in [0.05, 0.1) is 25.7 Å². The Labute approximate surface area is 102 Å². The van der Waals surface area contributed by atoms with Crippen LogP contribution in [-0.4, -0.2) is 13.2 Å². The van der Waals surface area contributed by atoms with E-state index in [-0.39, 0.29) is 5.41 Å². The lowest BCUT2D eigenvalue weighted by Crippen LogP contribution is -2.26. The standard InChI is InChI=1S/C14H17NO2/c1-10-6-12-13(7-11(10)4-5-15)17-9-14(2,3)8-16-12/h6-7H,4,8-9H2,1-3H3. The zero-order valence-corrected chi connectivity index (χ0v) is 10.5. The molecule has 0 radical (unpaired) electrons. The molecule has 1 heterocycles. The molecule has 1 aliphatic rings. The van der Waals surface area contributed by atoms with Gasteiger partial charge in [0.15, 0.2) is 11.5 Å². The summed E-state index contributed by atoms with van der Waals surface area (Å²) in [4.78, 5) is 0. The maximum Gasteiger partial charge on any atom is 0.161 e. The first-order valence-electron chi connectivity index (χ1n) is 5.78. The second-order valence-corrected chi connectivity index (χ2v) is 5.30. The average molecular weight is 231 g/mol. The van der Waals surface area contributed by atoms with Crippen LogP contribution in [0.3, 0.4) is 0 Å². The van der Waals surface area contributed by atoms with Crippen LogP contribution in [0.5, 0.6) is 11.5 Å². The van der Waals surface area contributed by atoms with Crippen LogP contribution in [0.2, 0.25) is 0 Å². The van der Waals surface area contributed by atoms with Gasteiger partial charge in [0.1, 0.15) is 0 Å². The summed E-state index contributed by atoms with van der Waals surface area (Å²) in [5.41, 5.74) is 2.10. The fraction of sp³-hybridized carbons (Fsp3) is 0.500. The molecule has 0 aliphatic carbocycles. The number of nitriles is 1. The van der Waals surface area contributed by atoms with Crippen molar-refractivity contribution in [3.05, 3.63) is 23.3 Å². The van der Waals surface area contributed by atoms with Gasteiger partial charge >= 0.3 is 0 Å². The van der Waals surface area contributed by atoms with Gasteiger partial charge < -0.3 is 9.47 Å². The van der Waals surface area contributed by atoms with Gasteiger partial charge in [-0.05, 0) is 30.2 Å². The number of nitrogens with zero attached hydrogens (tertiary/aromatic N) is 1. The van der Waals surface area contributed by atoms with Crippen LogP contribution < -0.4 is 9.47 Å². The van der Waals surface area contributed by atoms with Crippen molar-refractivity contribution in [2.75, 3.05) is 13.2 Å². The molecule has 0 bridgehead atoms. The molecular weight excluding hydrogens is 214 g/mol. The molecule has 1 aliphatic heterocycles. The van der Waals surface area contributed by atoms with Crippen molar-refractivity contribution < 1.29 is 9.47 Å². The molecule has 0 saturated heterocycles. The first kappa shape index (κ1) is 11.8. The van der Waals surface area contributed by atoms with Crippen LogP contribution in [0.4, 0.5) is 0 Å². The summed E-state index contributed by atoms with van der Waals surface area (Å²) in [5.74, 6) is 1.54. The first-order valence-corrected chi connectivity index (χ1v) is 5.78. The molecule has 0 amide bonds. The maximum absolute atomic E-state index is 8.76. The molecule has 1 aromatic carbocycles. The number of rotatable bonds is 1. The highest BCUT2D eigenvalue weighted by molar-refractivity contribution is 5.48. The van der Waals surface area contributed by atoms with Gasteiger partial charge in [-0.2, -0.15) is 5.26 Å². The number of hydrogen-bond acceptors (Lipinski definition) is 3. The van der Waals surface area contributed by atoms with Crippen LogP contribution in [0.15, 0.2) is 12.1 Å². The Balaban J connectivity index is 2.35. The van der Waals surface area contributed by atoms with Gasteiger partial charge in [0, 0.05) is 5.41 Å². The third-order valence-corrected chi connectivity index (χ3v) is 2.91. The fourth-order valence-electron chi connectivity index (χ4n) is 1.79. The number of benzene rings is 1. The molecule has 0 fully saturated rings. The van der Waals surface area contributed by atoms with Crippen molar-refractivity contribution in [3.8, 4) is 17.6 Å². The van der Waals surface area contributed by atoms with E-state index in [9.17, 15) is 0 Å². The minimum atomic E-state index is 0.0162. The summed E-state index contributed by atoms with van der Waals surface area (Å²) in [5, 5.41) is 8.76. The highest BCUT2D eigenvalue weighted by Gasteiger charge is 2.25. The van der Waals surface area contributed by atoms with E-state index >= 15 is 0 Å². The SMILES string of the molecule is Cc1cc2c(cc1CC#N)OCC(C)(C)CO2. The molecule has 0 atom stereocenters. The highest BCUT2D eigenvalue weighted by atomic mass is 16.5. The lowest BCUT2D eigenvalue weighted by molar-refractivity contribution is 0.140. The minimum absolute atomic E-state index is 0.0162. The van der Waals surface area contributed by atoms with E-state index < -0.39 is 0 Å². The Hall–Kier alpha value is -1.69. The van der Waals surface area contributed by atoms with Crippen LogP contribution >= 0.6 is 0 Å². The Morgan fingerprint density at radius 3 is 2.41 bits per heavy atom. The molecule has 0 aromatic heterocycles. The van der Waals surface area contributed by atoms with Gasteiger partial charge in [-0.3, -0.25) is 0 Å². The molecule has 2 rings (SSSR count). The minimum Gasteiger partial charge on any atom is -0.489 e. The third-order valence-electron chi connectivity index (χ3n) is 2.91. The largest absolute Gasteiger partial charge is 0.489 e. The molecule has 3 heteroatoms. The van der Waals surface area contributed by atoms with E-state index in [1.807, 2.05) is 19.1 Å². The first-order chi connectivity index (χ1) is 8.02. The van der Waals surface area contributed by atoms with Crippen LogP contribution in [0, 0.1) is 23.7 Å². The van der Waals surface area contributed by atoms with E-state index in [4.69, 9.17) is 14.7 Å².